The van der Waals surface area contributed by atoms with Crippen LogP contribution in [-0.2, 0) is 11.0 Å². The average molecular weight is 435 g/mol. The quantitative estimate of drug-likeness (QED) is 0.318. The van der Waals surface area contributed by atoms with E-state index in [-0.39, 0.29) is 11.9 Å². The van der Waals surface area contributed by atoms with E-state index in [1.54, 1.807) is 4.90 Å². The zero-order valence-corrected chi connectivity index (χ0v) is 17.1. The van der Waals surface area contributed by atoms with Crippen LogP contribution in [0.5, 0.6) is 0 Å². The van der Waals surface area contributed by atoms with E-state index in [2.05, 4.69) is 11.1 Å². The van der Waals surface area contributed by atoms with Gasteiger partial charge in [-0.3, -0.25) is 4.79 Å². The first-order chi connectivity index (χ1) is 15.5. The van der Waals surface area contributed by atoms with Crippen molar-refractivity contribution in [3.63, 3.8) is 0 Å². The molecule has 1 aliphatic heterocycles. The van der Waals surface area contributed by atoms with Gasteiger partial charge >= 0.3 is 6.18 Å². The molecule has 0 aliphatic carbocycles. The monoisotopic (exact) mass is 435 g/mol. The van der Waals surface area contributed by atoms with E-state index in [1.807, 2.05) is 53.4 Å². The molecule has 1 atom stereocenters. The van der Waals surface area contributed by atoms with Crippen LogP contribution >= 0.6 is 0 Å². The van der Waals surface area contributed by atoms with Gasteiger partial charge in [-0.2, -0.15) is 13.2 Å². The molecule has 1 aromatic heterocycles. The topological polar surface area (TPSA) is 36.4 Å². The molecular weight excluding hydrogens is 415 g/mol. The molecule has 1 fully saturated rings. The molecule has 1 saturated heterocycles. The van der Waals surface area contributed by atoms with E-state index in [1.165, 1.54) is 6.20 Å². The summed E-state index contributed by atoms with van der Waals surface area (Å²) in [4.78, 5) is 19.8. The lowest BCUT2D eigenvalue weighted by Crippen LogP contribution is -2.48. The fourth-order valence-electron chi connectivity index (χ4n) is 4.56. The number of benzene rings is 3. The second-order valence-electron chi connectivity index (χ2n) is 7.94. The maximum Gasteiger partial charge on any atom is 0.416 e. The maximum atomic E-state index is 13.2. The van der Waals surface area contributed by atoms with Crippen LogP contribution < -0.4 is 4.90 Å². The minimum absolute atomic E-state index is 0.264. The summed E-state index contributed by atoms with van der Waals surface area (Å²) in [6.07, 6.45) is -2.42. The number of hydrogen-bond donors (Lipinski definition) is 0. The van der Waals surface area contributed by atoms with E-state index < -0.39 is 11.7 Å². The van der Waals surface area contributed by atoms with Gasteiger partial charge < -0.3 is 9.80 Å². The number of anilines is 1. The van der Waals surface area contributed by atoms with Gasteiger partial charge in [0.25, 0.3) is 0 Å². The van der Waals surface area contributed by atoms with Crippen LogP contribution in [0.1, 0.15) is 17.2 Å². The number of pyridine rings is 1. The summed E-state index contributed by atoms with van der Waals surface area (Å²) in [7, 11) is 0. The van der Waals surface area contributed by atoms with Crippen molar-refractivity contribution in [2.75, 3.05) is 24.5 Å². The lowest BCUT2D eigenvalue weighted by Gasteiger charge is -2.41. The molecular formula is C25H20F3N3O. The molecule has 7 heteroatoms. The zero-order valence-electron chi connectivity index (χ0n) is 17.1. The van der Waals surface area contributed by atoms with Crippen molar-refractivity contribution in [3.8, 4) is 0 Å². The molecule has 0 bridgehead atoms. The van der Waals surface area contributed by atoms with E-state index in [0.29, 0.717) is 19.6 Å². The Hall–Kier alpha value is -3.61. The van der Waals surface area contributed by atoms with Crippen molar-refractivity contribution in [1.82, 2.24) is 9.88 Å². The van der Waals surface area contributed by atoms with Crippen molar-refractivity contribution < 1.29 is 18.0 Å². The highest BCUT2D eigenvalue weighted by Gasteiger charge is 2.34. The highest BCUT2D eigenvalue weighted by Crippen LogP contribution is 2.38. The first-order valence-electron chi connectivity index (χ1n) is 10.4. The van der Waals surface area contributed by atoms with E-state index >= 15 is 0 Å². The Kier molecular flexibility index (Phi) is 4.96. The van der Waals surface area contributed by atoms with Gasteiger partial charge in [0.1, 0.15) is 5.82 Å². The van der Waals surface area contributed by atoms with Gasteiger partial charge in [-0.25, -0.2) is 4.98 Å². The summed E-state index contributed by atoms with van der Waals surface area (Å²) in [5, 5.41) is 4.17. The first-order valence-corrected chi connectivity index (χ1v) is 10.4. The predicted octanol–water partition coefficient (Wildman–Crippen LogP) is 5.43. The fraction of sp³-hybridized carbons (Fsp3) is 0.200. The summed E-state index contributed by atoms with van der Waals surface area (Å²) in [5.74, 6) is 0.264. The molecule has 1 amide bonds. The Morgan fingerprint density at radius 1 is 0.906 bits per heavy atom. The van der Waals surface area contributed by atoms with Gasteiger partial charge in [0.05, 0.1) is 11.6 Å². The minimum atomic E-state index is -4.44. The van der Waals surface area contributed by atoms with Gasteiger partial charge in [-0.1, -0.05) is 48.5 Å². The number of alkyl halides is 3. The molecule has 5 rings (SSSR count). The molecule has 4 aromatic rings. The second kappa shape index (κ2) is 7.82. The summed E-state index contributed by atoms with van der Waals surface area (Å²) in [5.41, 5.74) is 0.273. The summed E-state index contributed by atoms with van der Waals surface area (Å²) in [6.45, 7) is 1.15. The SMILES string of the molecule is O=CN1CCN(c2cc(C(F)(F)F)ccn2)CC1c1c2ccccc2cc2ccccc12. The third kappa shape index (κ3) is 3.53. The van der Waals surface area contributed by atoms with Crippen molar-refractivity contribution >= 4 is 33.8 Å². The number of aromatic nitrogens is 1. The number of nitrogens with zero attached hydrogens (tertiary/aromatic N) is 3. The van der Waals surface area contributed by atoms with Crippen molar-refractivity contribution in [2.45, 2.75) is 12.2 Å². The molecule has 0 saturated carbocycles. The molecule has 1 unspecified atom stereocenters. The van der Waals surface area contributed by atoms with Crippen LogP contribution in [0.15, 0.2) is 72.9 Å². The molecule has 162 valence electrons. The Balaban J connectivity index is 1.64. The molecule has 4 nitrogen and oxygen atoms in total. The van der Waals surface area contributed by atoms with Crippen LogP contribution in [-0.4, -0.2) is 35.9 Å². The molecule has 0 N–H and O–H groups in total. The van der Waals surface area contributed by atoms with E-state index in [4.69, 9.17) is 0 Å². The third-order valence-corrected chi connectivity index (χ3v) is 6.10. The smallest absolute Gasteiger partial charge is 0.352 e. The van der Waals surface area contributed by atoms with Crippen LogP contribution in [0.2, 0.25) is 0 Å². The van der Waals surface area contributed by atoms with Gasteiger partial charge in [0, 0.05) is 25.8 Å². The molecule has 3 aromatic carbocycles. The standard InChI is InChI=1S/C25H20F3N3O/c26-25(27,28)19-9-10-29-23(14-19)30-11-12-31(16-32)22(15-30)24-20-7-3-1-5-17(20)13-18-6-2-4-8-21(18)24/h1-10,13-14,16,22H,11-12,15H2. The number of carbonyl (C=O) groups excluding carboxylic acids is 1. The van der Waals surface area contributed by atoms with Crippen LogP contribution in [0.3, 0.4) is 0 Å². The second-order valence-corrected chi connectivity index (χ2v) is 7.94. The Morgan fingerprint density at radius 2 is 1.56 bits per heavy atom. The molecule has 0 spiro atoms. The number of piperazine rings is 1. The lowest BCUT2D eigenvalue weighted by atomic mass is 9.90. The zero-order chi connectivity index (χ0) is 22.3. The molecule has 32 heavy (non-hydrogen) atoms. The predicted molar refractivity (Wildman–Crippen MR) is 118 cm³/mol. The fourth-order valence-corrected chi connectivity index (χ4v) is 4.56. The summed E-state index contributed by atoms with van der Waals surface area (Å²) < 4.78 is 39.7. The van der Waals surface area contributed by atoms with Gasteiger partial charge in [-0.05, 0) is 45.3 Å². The van der Waals surface area contributed by atoms with Crippen molar-refractivity contribution in [3.05, 3.63) is 84.1 Å². The summed E-state index contributed by atoms with van der Waals surface area (Å²) >= 11 is 0. The van der Waals surface area contributed by atoms with E-state index in [0.717, 1.165) is 45.7 Å². The molecule has 1 aliphatic rings. The van der Waals surface area contributed by atoms with Gasteiger partial charge in [0.15, 0.2) is 0 Å². The van der Waals surface area contributed by atoms with Gasteiger partial charge in [-0.15, -0.1) is 0 Å². The maximum absolute atomic E-state index is 13.2. The number of halogens is 3. The Labute approximate surface area is 182 Å². The van der Waals surface area contributed by atoms with Crippen molar-refractivity contribution in [2.24, 2.45) is 0 Å². The minimum Gasteiger partial charge on any atom is -0.352 e. The van der Waals surface area contributed by atoms with Crippen LogP contribution in [0.25, 0.3) is 21.5 Å². The van der Waals surface area contributed by atoms with Crippen molar-refractivity contribution in [1.29, 1.82) is 0 Å². The lowest BCUT2D eigenvalue weighted by molar-refractivity contribution is -0.137. The number of carbonyl (C=O) groups is 1. The summed E-state index contributed by atoms with van der Waals surface area (Å²) in [6, 6.07) is 19.8. The Morgan fingerprint density at radius 3 is 2.19 bits per heavy atom. The van der Waals surface area contributed by atoms with Crippen LogP contribution in [0, 0.1) is 0 Å². The number of amides is 1. The molecule has 2 heterocycles. The molecule has 0 radical (unpaired) electrons. The Bertz CT molecular complexity index is 1250. The van der Waals surface area contributed by atoms with Crippen LogP contribution in [0.4, 0.5) is 19.0 Å². The highest BCUT2D eigenvalue weighted by atomic mass is 19.4. The highest BCUT2D eigenvalue weighted by molar-refractivity contribution is 6.02. The number of fused-ring (bicyclic) bond motifs is 2. The largest absolute Gasteiger partial charge is 0.416 e. The number of hydrogen-bond acceptors (Lipinski definition) is 3. The first kappa shape index (κ1) is 20.3. The normalized spacial score (nSPS) is 17.2. The third-order valence-electron chi connectivity index (χ3n) is 6.10. The van der Waals surface area contributed by atoms with Gasteiger partial charge in [0.2, 0.25) is 6.41 Å². The number of rotatable bonds is 3. The van der Waals surface area contributed by atoms with E-state index in [9.17, 15) is 18.0 Å². The average Bonchev–Trinajstić information content (AvgIpc) is 2.81.